The zero-order chi connectivity index (χ0) is 15.5. The Kier molecular flexibility index (Phi) is 9.42. The van der Waals surface area contributed by atoms with Crippen molar-refractivity contribution in [2.45, 2.75) is 19.9 Å². The first kappa shape index (κ1) is 18.2. The van der Waals surface area contributed by atoms with Crippen molar-refractivity contribution in [3.63, 3.8) is 0 Å². The zero-order valence-corrected chi connectivity index (χ0v) is 14.1. The highest BCUT2D eigenvalue weighted by Crippen LogP contribution is 2.24. The summed E-state index contributed by atoms with van der Waals surface area (Å²) in [5.74, 6) is 0. The van der Waals surface area contributed by atoms with Crippen LogP contribution >= 0.6 is 11.6 Å². The van der Waals surface area contributed by atoms with Gasteiger partial charge in [0, 0.05) is 51.2 Å². The molecule has 0 heterocycles. The Bertz CT molecular complexity index is 402. The monoisotopic (exact) mass is 314 g/mol. The van der Waals surface area contributed by atoms with Crippen molar-refractivity contribution in [3.05, 3.63) is 28.8 Å². The first-order valence-corrected chi connectivity index (χ1v) is 7.82. The van der Waals surface area contributed by atoms with Crippen molar-refractivity contribution in [1.29, 1.82) is 0 Å². The van der Waals surface area contributed by atoms with E-state index in [9.17, 15) is 0 Å². The van der Waals surface area contributed by atoms with Crippen LogP contribution in [0.15, 0.2) is 18.2 Å². The van der Waals surface area contributed by atoms with Crippen LogP contribution in [0.4, 0.5) is 5.69 Å². The van der Waals surface area contributed by atoms with Crippen LogP contribution in [0, 0.1) is 0 Å². The Morgan fingerprint density at radius 1 is 1.14 bits per heavy atom. The fourth-order valence-corrected chi connectivity index (χ4v) is 2.41. The summed E-state index contributed by atoms with van der Waals surface area (Å²) in [5.41, 5.74) is 2.44. The van der Waals surface area contributed by atoms with Crippen LogP contribution in [0.5, 0.6) is 0 Å². The molecule has 0 saturated carbocycles. The minimum absolute atomic E-state index is 0.705. The third-order valence-electron chi connectivity index (χ3n) is 3.29. The molecule has 1 aromatic rings. The van der Waals surface area contributed by atoms with Gasteiger partial charge in [0.25, 0.3) is 0 Å². The molecule has 0 atom stereocenters. The minimum Gasteiger partial charge on any atom is -0.385 e. The maximum absolute atomic E-state index is 6.14. The van der Waals surface area contributed by atoms with Crippen LogP contribution in [-0.2, 0) is 16.0 Å². The zero-order valence-electron chi connectivity index (χ0n) is 13.3. The Labute approximate surface area is 133 Å². The molecule has 4 nitrogen and oxygen atoms in total. The number of halogens is 1. The number of ether oxygens (including phenoxy) is 2. The summed E-state index contributed by atoms with van der Waals surface area (Å²) in [7, 11) is 3.47. The lowest BCUT2D eigenvalue weighted by atomic mass is 10.1. The molecule has 0 fully saturated rings. The van der Waals surface area contributed by atoms with Gasteiger partial charge in [-0.1, -0.05) is 18.5 Å². The number of rotatable bonds is 11. The smallest absolute Gasteiger partial charge is 0.0637 e. The molecule has 5 heteroatoms. The molecule has 1 rings (SSSR count). The Hall–Kier alpha value is -0.810. The maximum atomic E-state index is 6.14. The molecule has 0 unspecified atom stereocenters. The second kappa shape index (κ2) is 10.9. The molecule has 0 bridgehead atoms. The molecular formula is C16H27ClN2O2. The van der Waals surface area contributed by atoms with Gasteiger partial charge in [0.15, 0.2) is 0 Å². The van der Waals surface area contributed by atoms with Crippen LogP contribution in [0.2, 0.25) is 5.02 Å². The number of hydrogen-bond acceptors (Lipinski definition) is 4. The third kappa shape index (κ3) is 6.66. The summed E-state index contributed by atoms with van der Waals surface area (Å²) in [6, 6.07) is 6.08. The summed E-state index contributed by atoms with van der Waals surface area (Å²) < 4.78 is 10.4. The van der Waals surface area contributed by atoms with E-state index in [0.29, 0.717) is 6.61 Å². The molecule has 0 aromatic heterocycles. The SMILES string of the molecule is CCNCc1cc(Cl)ccc1N(CCCOC)CCOC. The fourth-order valence-electron chi connectivity index (χ4n) is 2.22. The highest BCUT2D eigenvalue weighted by Gasteiger charge is 2.11. The van der Waals surface area contributed by atoms with E-state index in [1.807, 2.05) is 12.1 Å². The standard InChI is InChI=1S/C16H27ClN2O2/c1-4-18-13-14-12-15(17)6-7-16(14)19(9-11-21-3)8-5-10-20-2/h6-7,12,18H,4-5,8-11,13H2,1-3H3. The Morgan fingerprint density at radius 3 is 2.57 bits per heavy atom. The second-order valence-corrected chi connectivity index (χ2v) is 5.32. The number of nitrogens with one attached hydrogen (secondary N) is 1. The van der Waals surface area contributed by atoms with Crippen molar-refractivity contribution in [2.24, 2.45) is 0 Å². The predicted octanol–water partition coefficient (Wildman–Crippen LogP) is 2.94. The van der Waals surface area contributed by atoms with Crippen LogP contribution in [0.1, 0.15) is 18.9 Å². The van der Waals surface area contributed by atoms with Crippen LogP contribution in [0.25, 0.3) is 0 Å². The molecule has 0 radical (unpaired) electrons. The molecule has 1 N–H and O–H groups in total. The van der Waals surface area contributed by atoms with Crippen molar-refractivity contribution < 1.29 is 9.47 Å². The van der Waals surface area contributed by atoms with Crippen LogP contribution < -0.4 is 10.2 Å². The lowest BCUT2D eigenvalue weighted by Gasteiger charge is -2.27. The fraction of sp³-hybridized carbons (Fsp3) is 0.625. The van der Waals surface area contributed by atoms with Crippen molar-refractivity contribution >= 4 is 17.3 Å². The largest absolute Gasteiger partial charge is 0.385 e. The average molecular weight is 315 g/mol. The molecular weight excluding hydrogens is 288 g/mol. The summed E-state index contributed by atoms with van der Waals surface area (Å²) in [6.45, 7) is 7.13. The van der Waals surface area contributed by atoms with E-state index in [4.69, 9.17) is 21.1 Å². The van der Waals surface area contributed by atoms with Gasteiger partial charge in [0.2, 0.25) is 0 Å². The lowest BCUT2D eigenvalue weighted by molar-refractivity contribution is 0.191. The number of benzene rings is 1. The van der Waals surface area contributed by atoms with Crippen LogP contribution in [0.3, 0.4) is 0 Å². The molecule has 1 aromatic carbocycles. The van der Waals surface area contributed by atoms with Gasteiger partial charge in [-0.15, -0.1) is 0 Å². The van der Waals surface area contributed by atoms with Gasteiger partial charge in [0.1, 0.15) is 0 Å². The first-order valence-electron chi connectivity index (χ1n) is 7.44. The molecule has 0 aliphatic carbocycles. The van der Waals surface area contributed by atoms with Gasteiger partial charge in [0.05, 0.1) is 6.61 Å². The van der Waals surface area contributed by atoms with Gasteiger partial charge in [-0.3, -0.25) is 0 Å². The van der Waals surface area contributed by atoms with Crippen molar-refractivity contribution in [2.75, 3.05) is 52.0 Å². The number of anilines is 1. The molecule has 0 aliphatic heterocycles. The van der Waals surface area contributed by atoms with Gasteiger partial charge in [-0.2, -0.15) is 0 Å². The minimum atomic E-state index is 0.705. The average Bonchev–Trinajstić information content (AvgIpc) is 2.49. The summed E-state index contributed by atoms with van der Waals surface area (Å²) in [4.78, 5) is 2.34. The second-order valence-electron chi connectivity index (χ2n) is 4.88. The van der Waals surface area contributed by atoms with Gasteiger partial charge in [-0.05, 0) is 36.7 Å². The Balaban J connectivity index is 2.86. The summed E-state index contributed by atoms with van der Waals surface area (Å²) in [6.07, 6.45) is 0.990. The van der Waals surface area contributed by atoms with Gasteiger partial charge in [-0.25, -0.2) is 0 Å². The topological polar surface area (TPSA) is 33.7 Å². The number of methoxy groups -OCH3 is 2. The lowest BCUT2D eigenvalue weighted by Crippen LogP contribution is -2.30. The highest BCUT2D eigenvalue weighted by molar-refractivity contribution is 6.30. The number of nitrogens with zero attached hydrogens (tertiary/aromatic N) is 1. The van der Waals surface area contributed by atoms with E-state index >= 15 is 0 Å². The van der Waals surface area contributed by atoms with Gasteiger partial charge < -0.3 is 19.7 Å². The molecule has 0 spiro atoms. The summed E-state index contributed by atoms with van der Waals surface area (Å²) in [5, 5.41) is 4.14. The van der Waals surface area contributed by atoms with E-state index in [0.717, 1.165) is 44.2 Å². The summed E-state index contributed by atoms with van der Waals surface area (Å²) >= 11 is 6.14. The van der Waals surface area contributed by atoms with E-state index in [-0.39, 0.29) is 0 Å². The van der Waals surface area contributed by atoms with E-state index in [1.165, 1.54) is 11.3 Å². The first-order chi connectivity index (χ1) is 10.2. The normalized spacial score (nSPS) is 10.9. The number of hydrogen-bond donors (Lipinski definition) is 1. The molecule has 0 amide bonds. The van der Waals surface area contributed by atoms with E-state index in [1.54, 1.807) is 14.2 Å². The quantitative estimate of drug-likeness (QED) is 0.637. The van der Waals surface area contributed by atoms with Crippen LogP contribution in [-0.4, -0.2) is 47.1 Å². The highest BCUT2D eigenvalue weighted by atomic mass is 35.5. The molecule has 0 aliphatic rings. The van der Waals surface area contributed by atoms with Crippen molar-refractivity contribution in [3.8, 4) is 0 Å². The molecule has 120 valence electrons. The molecule has 0 saturated heterocycles. The Morgan fingerprint density at radius 2 is 1.90 bits per heavy atom. The van der Waals surface area contributed by atoms with Crippen molar-refractivity contribution in [1.82, 2.24) is 5.32 Å². The predicted molar refractivity (Wildman–Crippen MR) is 89.4 cm³/mol. The third-order valence-corrected chi connectivity index (χ3v) is 3.52. The van der Waals surface area contributed by atoms with Gasteiger partial charge >= 0.3 is 0 Å². The van der Waals surface area contributed by atoms with E-state index < -0.39 is 0 Å². The molecule has 21 heavy (non-hydrogen) atoms. The maximum Gasteiger partial charge on any atom is 0.0637 e. The van der Waals surface area contributed by atoms with E-state index in [2.05, 4.69) is 23.2 Å².